The Balaban J connectivity index is 2.14. The van der Waals surface area contributed by atoms with Crippen molar-refractivity contribution in [2.45, 2.75) is 0 Å². The van der Waals surface area contributed by atoms with Crippen LogP contribution >= 0.6 is 0 Å². The number of hydrogen-bond donors (Lipinski definition) is 2. The lowest BCUT2D eigenvalue weighted by atomic mass is 10.2. The first-order chi connectivity index (χ1) is 10.2. The van der Waals surface area contributed by atoms with Gasteiger partial charge in [-0.15, -0.1) is 11.7 Å². The Bertz CT molecular complexity index is 645. The van der Waals surface area contributed by atoms with Crippen LogP contribution in [0.1, 0.15) is 10.4 Å². The molecule has 2 rings (SSSR count). The third-order valence-corrected chi connectivity index (χ3v) is 2.53. The van der Waals surface area contributed by atoms with Crippen LogP contribution in [-0.4, -0.2) is 34.8 Å². The average molecular weight is 285 g/mol. The van der Waals surface area contributed by atoms with Crippen LogP contribution in [0.5, 0.6) is 0 Å². The SMILES string of the molecule is C=CCNc1cnnc(Nc2cccc(C(=O)OC)c2)n1. The van der Waals surface area contributed by atoms with Crippen LogP contribution in [0.2, 0.25) is 0 Å². The standard InChI is InChI=1S/C14H15N5O2/c1-3-7-15-12-9-16-19-14(18-12)17-11-6-4-5-10(8-11)13(20)21-2/h3-6,8-9H,1,7H2,2H3,(H2,15,17,18,19). The highest BCUT2D eigenvalue weighted by Crippen LogP contribution is 2.15. The Morgan fingerprint density at radius 2 is 2.33 bits per heavy atom. The summed E-state index contributed by atoms with van der Waals surface area (Å²) in [4.78, 5) is 15.7. The maximum atomic E-state index is 11.5. The van der Waals surface area contributed by atoms with Crippen molar-refractivity contribution in [2.75, 3.05) is 24.3 Å². The second-order valence-corrected chi connectivity index (χ2v) is 4.03. The van der Waals surface area contributed by atoms with Crippen molar-refractivity contribution in [3.8, 4) is 0 Å². The second-order valence-electron chi connectivity index (χ2n) is 4.03. The summed E-state index contributed by atoms with van der Waals surface area (Å²) >= 11 is 0. The van der Waals surface area contributed by atoms with Gasteiger partial charge in [0.2, 0.25) is 5.95 Å². The molecule has 0 bridgehead atoms. The topological polar surface area (TPSA) is 89.0 Å². The molecule has 1 aromatic heterocycles. The van der Waals surface area contributed by atoms with Gasteiger partial charge in [0, 0.05) is 12.2 Å². The third kappa shape index (κ3) is 4.00. The number of anilines is 3. The molecule has 0 aliphatic rings. The zero-order valence-corrected chi connectivity index (χ0v) is 11.5. The molecule has 0 amide bonds. The highest BCUT2D eigenvalue weighted by Gasteiger charge is 2.07. The van der Waals surface area contributed by atoms with Crippen LogP contribution in [0, 0.1) is 0 Å². The number of carbonyl (C=O) groups is 1. The summed E-state index contributed by atoms with van der Waals surface area (Å²) in [6, 6.07) is 6.85. The number of nitrogens with zero attached hydrogens (tertiary/aromatic N) is 3. The molecule has 1 heterocycles. The van der Waals surface area contributed by atoms with Gasteiger partial charge in [-0.3, -0.25) is 0 Å². The maximum absolute atomic E-state index is 11.5. The number of methoxy groups -OCH3 is 1. The fourth-order valence-electron chi connectivity index (χ4n) is 1.59. The number of esters is 1. The van der Waals surface area contributed by atoms with Gasteiger partial charge in [0.15, 0.2) is 5.82 Å². The van der Waals surface area contributed by atoms with Crippen molar-refractivity contribution >= 4 is 23.4 Å². The van der Waals surface area contributed by atoms with Gasteiger partial charge in [-0.1, -0.05) is 12.1 Å². The van der Waals surface area contributed by atoms with E-state index >= 15 is 0 Å². The minimum atomic E-state index is -0.404. The minimum Gasteiger partial charge on any atom is -0.465 e. The van der Waals surface area contributed by atoms with Crippen LogP contribution in [0.3, 0.4) is 0 Å². The van der Waals surface area contributed by atoms with E-state index in [1.54, 1.807) is 30.3 Å². The van der Waals surface area contributed by atoms with E-state index in [2.05, 4.69) is 37.1 Å². The Kier molecular flexibility index (Phi) is 4.81. The molecule has 0 radical (unpaired) electrons. The summed E-state index contributed by atoms with van der Waals surface area (Å²) in [6.07, 6.45) is 3.23. The largest absolute Gasteiger partial charge is 0.465 e. The summed E-state index contributed by atoms with van der Waals surface area (Å²) < 4.78 is 4.68. The number of hydrogen-bond acceptors (Lipinski definition) is 7. The molecule has 108 valence electrons. The zero-order chi connectivity index (χ0) is 15.1. The Hall–Kier alpha value is -2.96. The summed E-state index contributed by atoms with van der Waals surface area (Å²) in [6.45, 7) is 4.19. The van der Waals surface area contributed by atoms with Gasteiger partial charge in [0.1, 0.15) is 0 Å². The molecule has 2 N–H and O–H groups in total. The van der Waals surface area contributed by atoms with Crippen LogP contribution < -0.4 is 10.6 Å². The number of aromatic nitrogens is 3. The minimum absolute atomic E-state index is 0.325. The van der Waals surface area contributed by atoms with Crippen LogP contribution in [0.15, 0.2) is 43.1 Å². The monoisotopic (exact) mass is 285 g/mol. The Labute approximate surface area is 122 Å². The molecule has 0 unspecified atom stereocenters. The molecule has 7 nitrogen and oxygen atoms in total. The number of rotatable bonds is 6. The van der Waals surface area contributed by atoms with Crippen molar-refractivity contribution in [2.24, 2.45) is 0 Å². The first-order valence-corrected chi connectivity index (χ1v) is 6.23. The molecular weight excluding hydrogens is 270 g/mol. The molecule has 21 heavy (non-hydrogen) atoms. The quantitative estimate of drug-likeness (QED) is 0.619. The molecule has 0 atom stereocenters. The van der Waals surface area contributed by atoms with E-state index < -0.39 is 5.97 Å². The highest BCUT2D eigenvalue weighted by atomic mass is 16.5. The summed E-state index contributed by atoms with van der Waals surface area (Å²) in [5.41, 5.74) is 1.11. The Morgan fingerprint density at radius 1 is 1.48 bits per heavy atom. The molecule has 0 saturated carbocycles. The van der Waals surface area contributed by atoms with Crippen LogP contribution in [0.25, 0.3) is 0 Å². The first-order valence-electron chi connectivity index (χ1n) is 6.23. The molecule has 2 aromatic rings. The smallest absolute Gasteiger partial charge is 0.337 e. The van der Waals surface area contributed by atoms with Gasteiger partial charge >= 0.3 is 5.97 Å². The summed E-state index contributed by atoms with van der Waals surface area (Å²) in [5.74, 6) is 0.502. The lowest BCUT2D eigenvalue weighted by Crippen LogP contribution is -2.06. The van der Waals surface area contributed by atoms with Gasteiger partial charge in [-0.05, 0) is 18.2 Å². The molecule has 0 spiro atoms. The fourth-order valence-corrected chi connectivity index (χ4v) is 1.59. The van der Waals surface area contributed by atoms with E-state index in [4.69, 9.17) is 0 Å². The van der Waals surface area contributed by atoms with E-state index in [1.165, 1.54) is 13.3 Å². The van der Waals surface area contributed by atoms with Gasteiger partial charge in [-0.25, -0.2) is 4.79 Å². The lowest BCUT2D eigenvalue weighted by molar-refractivity contribution is 0.0601. The number of carbonyl (C=O) groups excluding carboxylic acids is 1. The van der Waals surface area contributed by atoms with Gasteiger partial charge < -0.3 is 15.4 Å². The third-order valence-electron chi connectivity index (χ3n) is 2.53. The molecule has 0 fully saturated rings. The van der Waals surface area contributed by atoms with E-state index in [0.29, 0.717) is 29.6 Å². The van der Waals surface area contributed by atoms with E-state index in [9.17, 15) is 4.79 Å². The first kappa shape index (κ1) is 14.4. The molecule has 0 aliphatic carbocycles. The summed E-state index contributed by atoms with van der Waals surface area (Å²) in [5, 5.41) is 13.7. The van der Waals surface area contributed by atoms with Crippen molar-refractivity contribution in [1.29, 1.82) is 0 Å². The summed E-state index contributed by atoms with van der Waals surface area (Å²) in [7, 11) is 1.34. The highest BCUT2D eigenvalue weighted by molar-refractivity contribution is 5.90. The lowest BCUT2D eigenvalue weighted by Gasteiger charge is -2.07. The predicted molar refractivity (Wildman–Crippen MR) is 79.6 cm³/mol. The van der Waals surface area contributed by atoms with Gasteiger partial charge in [0.25, 0.3) is 0 Å². The van der Waals surface area contributed by atoms with Gasteiger partial charge in [-0.2, -0.15) is 10.1 Å². The molecular formula is C14H15N5O2. The number of ether oxygens (including phenoxy) is 1. The van der Waals surface area contributed by atoms with Crippen LogP contribution in [0.4, 0.5) is 17.5 Å². The van der Waals surface area contributed by atoms with Crippen molar-refractivity contribution in [3.05, 3.63) is 48.7 Å². The maximum Gasteiger partial charge on any atom is 0.337 e. The molecule has 1 aromatic carbocycles. The fraction of sp³-hybridized carbons (Fsp3) is 0.143. The van der Waals surface area contributed by atoms with E-state index in [1.807, 2.05) is 0 Å². The average Bonchev–Trinajstić information content (AvgIpc) is 2.53. The molecule has 7 heteroatoms. The van der Waals surface area contributed by atoms with Crippen molar-refractivity contribution < 1.29 is 9.53 Å². The number of benzene rings is 1. The van der Waals surface area contributed by atoms with Crippen LogP contribution in [-0.2, 0) is 4.74 Å². The van der Waals surface area contributed by atoms with Crippen molar-refractivity contribution in [3.63, 3.8) is 0 Å². The van der Waals surface area contributed by atoms with Crippen molar-refractivity contribution in [1.82, 2.24) is 15.2 Å². The predicted octanol–water partition coefficient (Wildman–Crippen LogP) is 2.00. The zero-order valence-electron chi connectivity index (χ0n) is 11.5. The molecule has 0 aliphatic heterocycles. The van der Waals surface area contributed by atoms with E-state index in [-0.39, 0.29) is 0 Å². The normalized spacial score (nSPS) is 9.76. The Morgan fingerprint density at radius 3 is 3.10 bits per heavy atom. The second kappa shape index (κ2) is 6.99. The van der Waals surface area contributed by atoms with Gasteiger partial charge in [0.05, 0.1) is 18.9 Å². The molecule has 0 saturated heterocycles. The number of nitrogens with one attached hydrogen (secondary N) is 2. The van der Waals surface area contributed by atoms with E-state index in [0.717, 1.165) is 0 Å².